The van der Waals surface area contributed by atoms with Gasteiger partial charge in [0.15, 0.2) is 0 Å². The first kappa shape index (κ1) is 6.94. The molecule has 50 valence electrons. The predicted molar refractivity (Wildman–Crippen MR) is 44.8 cm³/mol. The largest absolute Gasteiger partial charge is 0.175 e. The van der Waals surface area contributed by atoms with Crippen LogP contribution in [-0.2, 0) is 0 Å². The number of hydrogen-bond donors (Lipinski definition) is 1. The van der Waals surface area contributed by atoms with Crippen molar-refractivity contribution in [1.29, 1.82) is 0 Å². The molecule has 0 saturated heterocycles. The minimum absolute atomic E-state index is 0.514. The van der Waals surface area contributed by atoms with Crippen LogP contribution in [0.25, 0.3) is 0 Å². The summed E-state index contributed by atoms with van der Waals surface area (Å²) in [5.74, 6) is 0.582. The second-order valence-corrected chi connectivity index (χ2v) is 2.99. The third kappa shape index (κ3) is 1.62. The molecule has 1 unspecified atom stereocenters. The summed E-state index contributed by atoms with van der Waals surface area (Å²) in [5, 5.41) is 0.514. The molecule has 0 aromatic rings. The van der Waals surface area contributed by atoms with Gasteiger partial charge in [-0.05, 0) is 6.42 Å². The first-order chi connectivity index (χ1) is 4.34. The lowest BCUT2D eigenvalue weighted by atomic mass is 10.1. The van der Waals surface area contributed by atoms with Crippen molar-refractivity contribution >= 4 is 12.6 Å². The van der Waals surface area contributed by atoms with E-state index in [0.717, 1.165) is 6.42 Å². The van der Waals surface area contributed by atoms with Crippen LogP contribution < -0.4 is 0 Å². The van der Waals surface area contributed by atoms with E-state index in [1.165, 1.54) is 0 Å². The maximum absolute atomic E-state index is 4.42. The molecule has 0 saturated carbocycles. The van der Waals surface area contributed by atoms with Crippen molar-refractivity contribution in [2.45, 2.75) is 18.6 Å². The highest BCUT2D eigenvalue weighted by Gasteiger charge is 2.10. The fourth-order valence-corrected chi connectivity index (χ4v) is 1.18. The van der Waals surface area contributed by atoms with Gasteiger partial charge in [0.05, 0.1) is 0 Å². The van der Waals surface area contributed by atoms with Gasteiger partial charge in [0.1, 0.15) is 0 Å². The molecule has 1 aliphatic carbocycles. The Morgan fingerprint density at radius 1 is 1.44 bits per heavy atom. The van der Waals surface area contributed by atoms with E-state index in [2.05, 4.69) is 43.9 Å². The molecular formula is C8H12S. The molecule has 0 aromatic carbocycles. The fraction of sp³-hybridized carbons (Fsp3) is 0.500. The molecule has 1 aliphatic rings. The van der Waals surface area contributed by atoms with Crippen LogP contribution in [0.2, 0.25) is 0 Å². The Morgan fingerprint density at radius 3 is 2.44 bits per heavy atom. The molecular weight excluding hydrogens is 128 g/mol. The van der Waals surface area contributed by atoms with Crippen LogP contribution in [0.1, 0.15) is 13.3 Å². The summed E-state index contributed by atoms with van der Waals surface area (Å²) < 4.78 is 0. The topological polar surface area (TPSA) is 0 Å². The summed E-state index contributed by atoms with van der Waals surface area (Å²) in [6.07, 6.45) is 9.71. The molecule has 9 heavy (non-hydrogen) atoms. The Balaban J connectivity index is 2.43. The minimum atomic E-state index is 0.514. The van der Waals surface area contributed by atoms with Gasteiger partial charge >= 0.3 is 0 Å². The van der Waals surface area contributed by atoms with E-state index < -0.39 is 0 Å². The van der Waals surface area contributed by atoms with Gasteiger partial charge in [-0.15, -0.1) is 0 Å². The van der Waals surface area contributed by atoms with Crippen molar-refractivity contribution in [3.63, 3.8) is 0 Å². The van der Waals surface area contributed by atoms with E-state index in [4.69, 9.17) is 0 Å². The van der Waals surface area contributed by atoms with Gasteiger partial charge in [0.25, 0.3) is 0 Å². The Kier molecular flexibility index (Phi) is 2.40. The molecule has 1 rings (SSSR count). The lowest BCUT2D eigenvalue weighted by molar-refractivity contribution is 0.723. The third-order valence-electron chi connectivity index (χ3n) is 1.64. The Hall–Kier alpha value is -0.170. The number of rotatable bonds is 2. The number of thiol groups is 1. The van der Waals surface area contributed by atoms with Crippen LogP contribution in [0.4, 0.5) is 0 Å². The Labute approximate surface area is 62.1 Å². The average molecular weight is 140 g/mol. The van der Waals surface area contributed by atoms with Crippen LogP contribution in [0.3, 0.4) is 0 Å². The summed E-state index contributed by atoms with van der Waals surface area (Å²) in [4.78, 5) is 0. The molecule has 0 fully saturated rings. The van der Waals surface area contributed by atoms with Crippen molar-refractivity contribution in [2.75, 3.05) is 0 Å². The first-order valence-corrected chi connectivity index (χ1v) is 3.89. The van der Waals surface area contributed by atoms with Gasteiger partial charge in [-0.25, -0.2) is 0 Å². The van der Waals surface area contributed by atoms with Crippen molar-refractivity contribution in [2.24, 2.45) is 5.92 Å². The number of allylic oxidation sites excluding steroid dienone is 4. The zero-order valence-electron chi connectivity index (χ0n) is 5.62. The molecule has 0 bridgehead atoms. The van der Waals surface area contributed by atoms with Gasteiger partial charge in [-0.1, -0.05) is 31.2 Å². The maximum Gasteiger partial charge on any atom is 0.0112 e. The van der Waals surface area contributed by atoms with Crippen LogP contribution in [0.5, 0.6) is 0 Å². The minimum Gasteiger partial charge on any atom is -0.175 e. The maximum atomic E-state index is 4.42. The summed E-state index contributed by atoms with van der Waals surface area (Å²) in [6, 6.07) is 0. The molecule has 0 aliphatic heterocycles. The molecule has 0 aromatic heterocycles. The second kappa shape index (κ2) is 3.11. The van der Waals surface area contributed by atoms with Gasteiger partial charge in [0.2, 0.25) is 0 Å². The summed E-state index contributed by atoms with van der Waals surface area (Å²) in [6.45, 7) is 2.16. The molecule has 0 spiro atoms. The SMILES string of the molecule is CCC(S)C1C=CC=C1. The fourth-order valence-electron chi connectivity index (χ4n) is 0.978. The highest BCUT2D eigenvalue weighted by Crippen LogP contribution is 2.20. The van der Waals surface area contributed by atoms with E-state index >= 15 is 0 Å². The van der Waals surface area contributed by atoms with Crippen LogP contribution >= 0.6 is 12.6 Å². The van der Waals surface area contributed by atoms with Gasteiger partial charge in [-0.2, -0.15) is 12.6 Å². The molecule has 0 heterocycles. The molecule has 0 nitrogen and oxygen atoms in total. The zero-order valence-corrected chi connectivity index (χ0v) is 6.51. The second-order valence-electron chi connectivity index (χ2n) is 2.32. The Morgan fingerprint density at radius 2 is 2.00 bits per heavy atom. The molecule has 1 atom stereocenters. The van der Waals surface area contributed by atoms with Crippen LogP contribution in [0, 0.1) is 5.92 Å². The lowest BCUT2D eigenvalue weighted by Gasteiger charge is -2.10. The normalized spacial score (nSPS) is 21.1. The highest BCUT2D eigenvalue weighted by molar-refractivity contribution is 7.81. The quantitative estimate of drug-likeness (QED) is 0.560. The average Bonchev–Trinajstić information content (AvgIpc) is 2.37. The molecule has 0 amide bonds. The standard InChI is InChI=1S/C8H12S/c1-2-8(9)7-5-3-4-6-7/h3-9H,2H2,1H3. The predicted octanol–water partition coefficient (Wildman–Crippen LogP) is 2.44. The van der Waals surface area contributed by atoms with E-state index in [-0.39, 0.29) is 0 Å². The summed E-state index contributed by atoms with van der Waals surface area (Å²) in [7, 11) is 0. The van der Waals surface area contributed by atoms with Crippen molar-refractivity contribution in [3.05, 3.63) is 24.3 Å². The Bertz CT molecular complexity index is 124. The number of hydrogen-bond acceptors (Lipinski definition) is 1. The van der Waals surface area contributed by atoms with E-state index in [0.29, 0.717) is 11.2 Å². The van der Waals surface area contributed by atoms with Crippen molar-refractivity contribution < 1.29 is 0 Å². The van der Waals surface area contributed by atoms with Crippen LogP contribution in [0.15, 0.2) is 24.3 Å². The highest BCUT2D eigenvalue weighted by atomic mass is 32.1. The molecule has 0 N–H and O–H groups in total. The zero-order chi connectivity index (χ0) is 6.69. The van der Waals surface area contributed by atoms with Gasteiger partial charge in [-0.3, -0.25) is 0 Å². The van der Waals surface area contributed by atoms with Gasteiger partial charge < -0.3 is 0 Å². The van der Waals surface area contributed by atoms with Gasteiger partial charge in [0, 0.05) is 11.2 Å². The van der Waals surface area contributed by atoms with E-state index in [1.54, 1.807) is 0 Å². The summed E-state index contributed by atoms with van der Waals surface area (Å²) in [5.41, 5.74) is 0. The first-order valence-electron chi connectivity index (χ1n) is 3.37. The van der Waals surface area contributed by atoms with Crippen molar-refractivity contribution in [1.82, 2.24) is 0 Å². The lowest BCUT2D eigenvalue weighted by Crippen LogP contribution is -2.06. The van der Waals surface area contributed by atoms with E-state index in [9.17, 15) is 0 Å². The van der Waals surface area contributed by atoms with E-state index in [1.807, 2.05) is 0 Å². The third-order valence-corrected chi connectivity index (χ3v) is 2.35. The van der Waals surface area contributed by atoms with Crippen molar-refractivity contribution in [3.8, 4) is 0 Å². The monoisotopic (exact) mass is 140 g/mol. The van der Waals surface area contributed by atoms with Crippen LogP contribution in [-0.4, -0.2) is 5.25 Å². The summed E-state index contributed by atoms with van der Waals surface area (Å²) >= 11 is 4.42. The molecule has 0 radical (unpaired) electrons. The molecule has 1 heteroatoms. The smallest absolute Gasteiger partial charge is 0.0112 e.